The molecule has 1 aromatic carbocycles. The fraction of sp³-hybridized carbons (Fsp3) is 0.556. The van der Waals surface area contributed by atoms with E-state index < -0.39 is 0 Å². The minimum absolute atomic E-state index is 0.0400. The molecule has 0 aromatic heterocycles. The summed E-state index contributed by atoms with van der Waals surface area (Å²) in [6, 6.07) is 7.67. The third kappa shape index (κ3) is 7.85. The zero-order valence-corrected chi connectivity index (χ0v) is 15.4. The molecule has 1 rings (SSSR count). The van der Waals surface area contributed by atoms with Crippen molar-refractivity contribution in [2.24, 2.45) is 10.9 Å². The molecule has 0 atom stereocenters. The molecule has 0 aliphatic rings. The first-order valence-corrected chi connectivity index (χ1v) is 8.36. The predicted octanol–water partition coefficient (Wildman–Crippen LogP) is 1.86. The van der Waals surface area contributed by atoms with Crippen molar-refractivity contribution in [3.05, 3.63) is 29.8 Å². The Labute approximate surface area is 145 Å². The summed E-state index contributed by atoms with van der Waals surface area (Å²) < 4.78 is 5.53. The van der Waals surface area contributed by atoms with Gasteiger partial charge >= 0.3 is 0 Å². The number of guanidine groups is 1. The van der Waals surface area contributed by atoms with Crippen molar-refractivity contribution in [1.29, 1.82) is 0 Å². The topological polar surface area (TPSA) is 66.0 Å². The number of likely N-dealkylation sites (N-methyl/N-ethyl adjacent to an activating group) is 1. The van der Waals surface area contributed by atoms with E-state index in [9.17, 15) is 4.79 Å². The molecule has 0 aliphatic heterocycles. The monoisotopic (exact) mass is 334 g/mol. The molecule has 0 bridgehead atoms. The highest BCUT2D eigenvalue weighted by molar-refractivity contribution is 5.79. The second kappa shape index (κ2) is 10.5. The minimum atomic E-state index is -0.0641. The van der Waals surface area contributed by atoms with Crippen LogP contribution in [0.2, 0.25) is 0 Å². The molecule has 0 unspecified atom stereocenters. The van der Waals surface area contributed by atoms with Gasteiger partial charge in [-0.3, -0.25) is 4.79 Å². The highest BCUT2D eigenvalue weighted by Gasteiger charge is 2.05. The van der Waals surface area contributed by atoms with Gasteiger partial charge in [-0.1, -0.05) is 26.0 Å². The van der Waals surface area contributed by atoms with Gasteiger partial charge < -0.3 is 20.3 Å². The molecule has 6 heteroatoms. The average molecular weight is 334 g/mol. The van der Waals surface area contributed by atoms with Gasteiger partial charge in [0, 0.05) is 27.2 Å². The van der Waals surface area contributed by atoms with Gasteiger partial charge in [-0.25, -0.2) is 4.99 Å². The third-order valence-electron chi connectivity index (χ3n) is 3.20. The molecule has 24 heavy (non-hydrogen) atoms. The Morgan fingerprint density at radius 3 is 2.67 bits per heavy atom. The Morgan fingerprint density at radius 2 is 2.04 bits per heavy atom. The zero-order valence-electron chi connectivity index (χ0n) is 15.4. The normalized spacial score (nSPS) is 11.3. The molecule has 0 saturated carbocycles. The zero-order chi connectivity index (χ0) is 17.9. The molecular weight excluding hydrogens is 304 g/mol. The Hall–Kier alpha value is -2.24. The molecule has 6 nitrogen and oxygen atoms in total. The van der Waals surface area contributed by atoms with E-state index in [1.165, 1.54) is 4.90 Å². The van der Waals surface area contributed by atoms with Crippen LogP contribution in [0.4, 0.5) is 0 Å². The second-order valence-electron chi connectivity index (χ2n) is 6.19. The number of hydrogen-bond acceptors (Lipinski definition) is 3. The molecule has 0 radical (unpaired) electrons. The molecule has 0 aliphatic carbocycles. The molecule has 134 valence electrons. The van der Waals surface area contributed by atoms with Crippen LogP contribution in [-0.4, -0.2) is 50.6 Å². The van der Waals surface area contributed by atoms with Crippen molar-refractivity contribution < 1.29 is 9.53 Å². The first-order valence-electron chi connectivity index (χ1n) is 8.36. The third-order valence-corrected chi connectivity index (χ3v) is 3.20. The lowest BCUT2D eigenvalue weighted by Gasteiger charge is -2.13. The molecule has 1 amide bonds. The number of amides is 1. The Morgan fingerprint density at radius 1 is 1.29 bits per heavy atom. The van der Waals surface area contributed by atoms with Gasteiger partial charge in [-0.15, -0.1) is 0 Å². The number of rotatable bonds is 8. The number of hydrogen-bond donors (Lipinski definition) is 2. The van der Waals surface area contributed by atoms with E-state index in [-0.39, 0.29) is 12.5 Å². The first kappa shape index (κ1) is 19.8. The van der Waals surface area contributed by atoms with Crippen LogP contribution >= 0.6 is 0 Å². The maximum Gasteiger partial charge on any atom is 0.259 e. The van der Waals surface area contributed by atoms with Crippen LogP contribution in [0.15, 0.2) is 29.3 Å². The van der Waals surface area contributed by atoms with E-state index in [1.807, 2.05) is 31.2 Å². The maximum atomic E-state index is 11.6. The van der Waals surface area contributed by atoms with E-state index >= 15 is 0 Å². The Kier molecular flexibility index (Phi) is 8.68. The lowest BCUT2D eigenvalue weighted by Crippen LogP contribution is -2.39. The number of carbonyl (C=O) groups excluding carboxylic acids is 1. The number of benzene rings is 1. The van der Waals surface area contributed by atoms with Gasteiger partial charge in [-0.2, -0.15) is 0 Å². The average Bonchev–Trinajstić information content (AvgIpc) is 2.55. The summed E-state index contributed by atoms with van der Waals surface area (Å²) >= 11 is 0. The SMILES string of the molecule is CCNC(=NCc1cccc(OCC(=O)N(C)C)c1)NCC(C)C. The molecule has 0 spiro atoms. The minimum Gasteiger partial charge on any atom is -0.484 e. The van der Waals surface area contributed by atoms with Crippen molar-refractivity contribution in [3.8, 4) is 5.75 Å². The molecular formula is C18H30N4O2. The fourth-order valence-corrected chi connectivity index (χ4v) is 1.82. The standard InChI is InChI=1S/C18H30N4O2/c1-6-19-18(20-11-14(2)3)21-12-15-8-7-9-16(10-15)24-13-17(23)22(4)5/h7-10,14H,6,11-13H2,1-5H3,(H2,19,20,21). The number of aliphatic imine (C=N–C) groups is 1. The smallest absolute Gasteiger partial charge is 0.259 e. The highest BCUT2D eigenvalue weighted by atomic mass is 16.5. The Bertz CT molecular complexity index is 542. The van der Waals surface area contributed by atoms with Crippen LogP contribution in [0.1, 0.15) is 26.3 Å². The van der Waals surface area contributed by atoms with E-state index in [2.05, 4.69) is 29.5 Å². The fourth-order valence-electron chi connectivity index (χ4n) is 1.82. The van der Waals surface area contributed by atoms with E-state index in [4.69, 9.17) is 4.74 Å². The second-order valence-corrected chi connectivity index (χ2v) is 6.19. The maximum absolute atomic E-state index is 11.6. The Balaban J connectivity index is 2.64. The van der Waals surface area contributed by atoms with Crippen molar-refractivity contribution in [1.82, 2.24) is 15.5 Å². The summed E-state index contributed by atoms with van der Waals surface area (Å²) in [5, 5.41) is 6.55. The predicted molar refractivity (Wildman–Crippen MR) is 98.3 cm³/mol. The van der Waals surface area contributed by atoms with E-state index in [1.54, 1.807) is 14.1 Å². The summed E-state index contributed by atoms with van der Waals surface area (Å²) in [6.07, 6.45) is 0. The lowest BCUT2D eigenvalue weighted by molar-refractivity contribution is -0.130. The van der Waals surface area contributed by atoms with Gasteiger partial charge in [0.2, 0.25) is 0 Å². The number of nitrogens with zero attached hydrogens (tertiary/aromatic N) is 2. The summed E-state index contributed by atoms with van der Waals surface area (Å²) in [4.78, 5) is 17.7. The molecule has 0 saturated heterocycles. The van der Waals surface area contributed by atoms with Crippen LogP contribution in [0.5, 0.6) is 5.75 Å². The van der Waals surface area contributed by atoms with Gasteiger partial charge in [-0.05, 0) is 30.5 Å². The largest absolute Gasteiger partial charge is 0.484 e. The van der Waals surface area contributed by atoms with Crippen LogP contribution in [0.3, 0.4) is 0 Å². The van der Waals surface area contributed by atoms with Crippen LogP contribution in [0, 0.1) is 5.92 Å². The summed E-state index contributed by atoms with van der Waals surface area (Å²) in [5.74, 6) is 1.98. The summed E-state index contributed by atoms with van der Waals surface area (Å²) in [5.41, 5.74) is 1.03. The lowest BCUT2D eigenvalue weighted by atomic mass is 10.2. The van der Waals surface area contributed by atoms with Gasteiger partial charge in [0.05, 0.1) is 6.54 Å². The van der Waals surface area contributed by atoms with Gasteiger partial charge in [0.25, 0.3) is 5.91 Å². The quantitative estimate of drug-likeness (QED) is 0.563. The van der Waals surface area contributed by atoms with Crippen LogP contribution in [0.25, 0.3) is 0 Å². The summed E-state index contributed by atoms with van der Waals surface area (Å²) in [6.45, 7) is 8.65. The highest BCUT2D eigenvalue weighted by Crippen LogP contribution is 2.14. The van der Waals surface area contributed by atoms with E-state index in [0.29, 0.717) is 18.2 Å². The van der Waals surface area contributed by atoms with Crippen molar-refractivity contribution in [2.45, 2.75) is 27.3 Å². The summed E-state index contributed by atoms with van der Waals surface area (Å²) in [7, 11) is 3.42. The molecule has 1 aromatic rings. The first-order chi connectivity index (χ1) is 11.4. The van der Waals surface area contributed by atoms with Gasteiger partial charge in [0.15, 0.2) is 12.6 Å². The number of nitrogens with one attached hydrogen (secondary N) is 2. The van der Waals surface area contributed by atoms with Crippen molar-refractivity contribution in [2.75, 3.05) is 33.8 Å². The number of ether oxygens (including phenoxy) is 1. The van der Waals surface area contributed by atoms with Gasteiger partial charge in [0.1, 0.15) is 5.75 Å². The molecule has 2 N–H and O–H groups in total. The van der Waals surface area contributed by atoms with E-state index in [0.717, 1.165) is 24.6 Å². The van der Waals surface area contributed by atoms with Crippen LogP contribution in [-0.2, 0) is 11.3 Å². The van der Waals surface area contributed by atoms with Crippen LogP contribution < -0.4 is 15.4 Å². The van der Waals surface area contributed by atoms with Crippen molar-refractivity contribution in [3.63, 3.8) is 0 Å². The molecule has 0 heterocycles. The van der Waals surface area contributed by atoms with Crippen molar-refractivity contribution >= 4 is 11.9 Å². The molecule has 0 fully saturated rings. The number of carbonyl (C=O) groups is 1.